The lowest BCUT2D eigenvalue weighted by Gasteiger charge is -2.27. The fourth-order valence-corrected chi connectivity index (χ4v) is 6.68. The lowest BCUT2D eigenvalue weighted by molar-refractivity contribution is -0.143. The number of carboxylic acids is 1. The first-order chi connectivity index (χ1) is 21.7. The maximum atomic E-state index is 13.7. The summed E-state index contributed by atoms with van der Waals surface area (Å²) in [6, 6.07) is 14.4. The van der Waals surface area contributed by atoms with Gasteiger partial charge in [0.15, 0.2) is 11.5 Å². The monoisotopic (exact) mass is 616 g/mol. The number of nitrogens with one attached hydrogen (secondary N) is 1. The fourth-order valence-electron chi connectivity index (χ4n) is 6.68. The Balaban J connectivity index is 1.47. The Bertz CT molecular complexity index is 1500. The third kappa shape index (κ3) is 7.04. The molecule has 1 amide bonds. The molecule has 5 rings (SSSR count). The molecule has 0 radical (unpaired) electrons. The molecule has 3 aromatic carbocycles. The number of fused-ring (bicyclic) bond motifs is 1. The number of anilines is 1. The van der Waals surface area contributed by atoms with Gasteiger partial charge in [0.05, 0.1) is 19.1 Å². The molecule has 3 atom stereocenters. The van der Waals surface area contributed by atoms with Crippen LogP contribution in [0.1, 0.15) is 79.8 Å². The van der Waals surface area contributed by atoms with Crippen LogP contribution in [-0.2, 0) is 22.4 Å². The van der Waals surface area contributed by atoms with Crippen molar-refractivity contribution in [3.8, 4) is 23.0 Å². The Hall–Kier alpha value is -4.24. The van der Waals surface area contributed by atoms with Crippen molar-refractivity contribution in [1.29, 1.82) is 0 Å². The van der Waals surface area contributed by atoms with Crippen molar-refractivity contribution in [2.24, 2.45) is 5.92 Å². The highest BCUT2D eigenvalue weighted by Gasteiger charge is 2.48. The molecular weight excluding hydrogens is 572 g/mol. The van der Waals surface area contributed by atoms with Crippen LogP contribution in [0.5, 0.6) is 23.0 Å². The standard InChI is InChI=1S/C36H44N2O7/c1-5-8-9-14-43-27-12-10-25(11-13-27)34-32(36(41)42)28(26-17-29(39)35-30(18-26)44-21-45-35)19-38(34)20-31(40)37-33-23(6-2)15-22(4)16-24(33)7-3/h10-13,15-18,28,32,34,39H,5-9,14,19-21H2,1-4H3,(H,37,40)(H,41,42)/t28-,32-,34+/m1/s1. The summed E-state index contributed by atoms with van der Waals surface area (Å²) in [5, 5.41) is 24.5. The van der Waals surface area contributed by atoms with Crippen molar-refractivity contribution < 1.29 is 34.0 Å². The second kappa shape index (κ2) is 14.2. The van der Waals surface area contributed by atoms with Crippen molar-refractivity contribution in [1.82, 2.24) is 4.90 Å². The Morgan fingerprint density at radius 3 is 2.33 bits per heavy atom. The first-order valence-electron chi connectivity index (χ1n) is 16.0. The molecule has 1 saturated heterocycles. The van der Waals surface area contributed by atoms with Gasteiger partial charge in [-0.15, -0.1) is 0 Å². The van der Waals surface area contributed by atoms with Gasteiger partial charge in [0.2, 0.25) is 18.4 Å². The summed E-state index contributed by atoms with van der Waals surface area (Å²) in [4.78, 5) is 28.7. The third-order valence-electron chi connectivity index (χ3n) is 8.84. The van der Waals surface area contributed by atoms with Crippen LogP contribution in [0, 0.1) is 12.8 Å². The molecule has 2 heterocycles. The van der Waals surface area contributed by atoms with Gasteiger partial charge in [0, 0.05) is 24.2 Å². The van der Waals surface area contributed by atoms with Gasteiger partial charge < -0.3 is 29.7 Å². The van der Waals surface area contributed by atoms with Crippen molar-refractivity contribution in [3.05, 3.63) is 76.3 Å². The molecule has 9 heteroatoms. The average Bonchev–Trinajstić information content (AvgIpc) is 3.66. The number of phenols is 1. The quantitative estimate of drug-likeness (QED) is 0.184. The van der Waals surface area contributed by atoms with Gasteiger partial charge >= 0.3 is 5.97 Å². The highest BCUT2D eigenvalue weighted by atomic mass is 16.7. The van der Waals surface area contributed by atoms with E-state index < -0.39 is 23.8 Å². The number of hydrogen-bond donors (Lipinski definition) is 3. The summed E-state index contributed by atoms with van der Waals surface area (Å²) in [7, 11) is 0. The molecule has 0 saturated carbocycles. The number of hydrogen-bond acceptors (Lipinski definition) is 7. The minimum Gasteiger partial charge on any atom is -0.504 e. The number of unbranched alkanes of at least 4 members (excludes halogenated alkanes) is 2. The van der Waals surface area contributed by atoms with Gasteiger partial charge in [0.1, 0.15) is 5.75 Å². The van der Waals surface area contributed by atoms with Crippen LogP contribution >= 0.6 is 0 Å². The number of phenolic OH excluding ortho intramolecular Hbond substituents is 1. The number of nitrogens with zero attached hydrogens (tertiary/aromatic N) is 1. The normalized spacial score (nSPS) is 19.1. The summed E-state index contributed by atoms with van der Waals surface area (Å²) in [5.74, 6) is -1.35. The molecule has 240 valence electrons. The average molecular weight is 617 g/mol. The van der Waals surface area contributed by atoms with Crippen molar-refractivity contribution in [2.75, 3.05) is 31.8 Å². The molecule has 0 unspecified atom stereocenters. The molecule has 0 aliphatic carbocycles. The fraction of sp³-hybridized carbons (Fsp3) is 0.444. The van der Waals surface area contributed by atoms with E-state index in [1.165, 1.54) is 0 Å². The zero-order valence-corrected chi connectivity index (χ0v) is 26.6. The second-order valence-corrected chi connectivity index (χ2v) is 12.0. The Kier molecular flexibility index (Phi) is 10.2. The summed E-state index contributed by atoms with van der Waals surface area (Å²) in [5.41, 5.74) is 5.53. The largest absolute Gasteiger partial charge is 0.504 e. The van der Waals surface area contributed by atoms with Gasteiger partial charge in [-0.3, -0.25) is 14.5 Å². The molecule has 3 N–H and O–H groups in total. The topological polar surface area (TPSA) is 118 Å². The maximum Gasteiger partial charge on any atom is 0.309 e. The first-order valence-corrected chi connectivity index (χ1v) is 16.0. The molecule has 9 nitrogen and oxygen atoms in total. The third-order valence-corrected chi connectivity index (χ3v) is 8.84. The predicted octanol–water partition coefficient (Wildman–Crippen LogP) is 6.60. The highest BCUT2D eigenvalue weighted by molar-refractivity contribution is 5.94. The Morgan fingerprint density at radius 2 is 1.69 bits per heavy atom. The van der Waals surface area contributed by atoms with E-state index in [1.807, 2.05) is 29.2 Å². The van der Waals surface area contributed by atoms with E-state index in [1.54, 1.807) is 12.1 Å². The number of carboxylic acid groups (broad SMARTS) is 1. The number of likely N-dealkylation sites (tertiary alicyclic amines) is 1. The number of aliphatic carboxylic acids is 1. The van der Waals surface area contributed by atoms with E-state index in [0.29, 0.717) is 24.5 Å². The number of carbonyl (C=O) groups excluding carboxylic acids is 1. The number of amides is 1. The van der Waals surface area contributed by atoms with Gasteiger partial charge in [0.25, 0.3) is 0 Å². The minimum atomic E-state index is -0.981. The zero-order valence-electron chi connectivity index (χ0n) is 26.6. The lowest BCUT2D eigenvalue weighted by Crippen LogP contribution is -2.35. The van der Waals surface area contributed by atoms with E-state index in [9.17, 15) is 19.8 Å². The molecule has 0 bridgehead atoms. The molecular formula is C36H44N2O7. The van der Waals surface area contributed by atoms with Gasteiger partial charge in [-0.25, -0.2) is 0 Å². The number of aryl methyl sites for hydroxylation is 3. The van der Waals surface area contributed by atoms with Crippen LogP contribution in [0.2, 0.25) is 0 Å². The molecule has 1 fully saturated rings. The van der Waals surface area contributed by atoms with Crippen LogP contribution in [0.3, 0.4) is 0 Å². The summed E-state index contributed by atoms with van der Waals surface area (Å²) in [6.07, 6.45) is 4.72. The number of aromatic hydroxyl groups is 1. The summed E-state index contributed by atoms with van der Waals surface area (Å²) >= 11 is 0. The molecule has 0 aromatic heterocycles. The van der Waals surface area contributed by atoms with E-state index in [-0.39, 0.29) is 30.7 Å². The van der Waals surface area contributed by atoms with Crippen molar-refractivity contribution in [2.45, 2.75) is 71.8 Å². The summed E-state index contributed by atoms with van der Waals surface area (Å²) < 4.78 is 16.8. The van der Waals surface area contributed by atoms with E-state index in [2.05, 4.69) is 45.1 Å². The minimum absolute atomic E-state index is 0.00304. The van der Waals surface area contributed by atoms with Crippen LogP contribution in [-0.4, -0.2) is 53.5 Å². The zero-order chi connectivity index (χ0) is 32.1. The van der Waals surface area contributed by atoms with Crippen LogP contribution in [0.25, 0.3) is 0 Å². The van der Waals surface area contributed by atoms with Crippen LogP contribution in [0.4, 0.5) is 5.69 Å². The maximum absolute atomic E-state index is 13.7. The molecule has 2 aliphatic rings. The number of ether oxygens (including phenoxy) is 3. The van der Waals surface area contributed by atoms with E-state index >= 15 is 0 Å². The number of carbonyl (C=O) groups is 2. The van der Waals surface area contributed by atoms with Gasteiger partial charge in [-0.2, -0.15) is 0 Å². The number of rotatable bonds is 13. The summed E-state index contributed by atoms with van der Waals surface area (Å²) in [6.45, 7) is 9.23. The molecule has 2 aliphatic heterocycles. The lowest BCUT2D eigenvalue weighted by atomic mass is 9.82. The molecule has 45 heavy (non-hydrogen) atoms. The SMILES string of the molecule is CCCCCOc1ccc([C@H]2[C@H](C(=O)O)[C@@H](c3cc(O)c4c(c3)OCO4)CN2CC(=O)Nc2c(CC)cc(C)cc2CC)cc1. The van der Waals surface area contributed by atoms with Crippen molar-refractivity contribution in [3.63, 3.8) is 0 Å². The van der Waals surface area contributed by atoms with E-state index in [4.69, 9.17) is 14.2 Å². The molecule has 0 spiro atoms. The second-order valence-electron chi connectivity index (χ2n) is 12.0. The Labute approximate surface area is 265 Å². The van der Waals surface area contributed by atoms with Crippen LogP contribution in [0.15, 0.2) is 48.5 Å². The van der Waals surface area contributed by atoms with Gasteiger partial charge in [-0.05, 0) is 72.7 Å². The van der Waals surface area contributed by atoms with Crippen molar-refractivity contribution >= 4 is 17.6 Å². The molecule has 3 aromatic rings. The Morgan fingerprint density at radius 1 is 0.978 bits per heavy atom. The smallest absolute Gasteiger partial charge is 0.309 e. The van der Waals surface area contributed by atoms with Crippen LogP contribution < -0.4 is 19.5 Å². The predicted molar refractivity (Wildman–Crippen MR) is 172 cm³/mol. The van der Waals surface area contributed by atoms with E-state index in [0.717, 1.165) is 65.8 Å². The van der Waals surface area contributed by atoms with Gasteiger partial charge in [-0.1, -0.05) is 63.4 Å². The number of benzene rings is 3. The first kappa shape index (κ1) is 32.2. The highest BCUT2D eigenvalue weighted by Crippen LogP contribution is 2.50.